The standard InChI is InChI=1S/C15H23NO2/c1-10(17)11(2)18-15(9-16)14-6-4-3-5-13(14)12-7-8-12/h3-6,10-12,15,17H,7-9,16H2,1-2H3. The van der Waals surface area contributed by atoms with Gasteiger partial charge < -0.3 is 15.6 Å². The van der Waals surface area contributed by atoms with E-state index in [2.05, 4.69) is 18.2 Å². The molecule has 1 fully saturated rings. The molecule has 0 bridgehead atoms. The van der Waals surface area contributed by atoms with E-state index in [1.165, 1.54) is 24.0 Å². The van der Waals surface area contributed by atoms with Gasteiger partial charge in [-0.3, -0.25) is 0 Å². The number of rotatable bonds is 6. The van der Waals surface area contributed by atoms with Crippen molar-refractivity contribution in [3.8, 4) is 0 Å². The van der Waals surface area contributed by atoms with E-state index in [9.17, 15) is 5.11 Å². The quantitative estimate of drug-likeness (QED) is 0.813. The molecule has 18 heavy (non-hydrogen) atoms. The van der Waals surface area contributed by atoms with E-state index in [4.69, 9.17) is 10.5 Å². The van der Waals surface area contributed by atoms with E-state index < -0.39 is 6.10 Å². The number of benzene rings is 1. The first kappa shape index (κ1) is 13.5. The van der Waals surface area contributed by atoms with Crippen LogP contribution in [0.5, 0.6) is 0 Å². The molecule has 3 unspecified atom stereocenters. The zero-order valence-electron chi connectivity index (χ0n) is 11.2. The Morgan fingerprint density at radius 3 is 2.56 bits per heavy atom. The lowest BCUT2D eigenvalue weighted by Crippen LogP contribution is -2.28. The van der Waals surface area contributed by atoms with Gasteiger partial charge in [0.15, 0.2) is 0 Å². The molecule has 100 valence electrons. The molecule has 1 aliphatic rings. The third-order valence-corrected chi connectivity index (χ3v) is 3.63. The number of hydrogen-bond donors (Lipinski definition) is 2. The SMILES string of the molecule is CC(O)C(C)OC(CN)c1ccccc1C1CC1. The summed E-state index contributed by atoms with van der Waals surface area (Å²) in [5, 5.41) is 9.54. The third kappa shape index (κ3) is 3.10. The van der Waals surface area contributed by atoms with Gasteiger partial charge in [-0.05, 0) is 43.7 Å². The fourth-order valence-electron chi connectivity index (χ4n) is 2.20. The highest BCUT2D eigenvalue weighted by atomic mass is 16.5. The molecule has 0 aromatic heterocycles. The molecule has 1 saturated carbocycles. The van der Waals surface area contributed by atoms with Crippen molar-refractivity contribution in [2.24, 2.45) is 5.73 Å². The smallest absolute Gasteiger partial charge is 0.0954 e. The Kier molecular flexibility index (Phi) is 4.38. The molecule has 1 aromatic carbocycles. The number of aliphatic hydroxyl groups excluding tert-OH is 1. The van der Waals surface area contributed by atoms with Crippen molar-refractivity contribution in [3.05, 3.63) is 35.4 Å². The monoisotopic (exact) mass is 249 g/mol. The lowest BCUT2D eigenvalue weighted by molar-refractivity contribution is -0.0594. The molecular formula is C15H23NO2. The molecule has 2 rings (SSSR count). The molecule has 1 aliphatic carbocycles. The number of ether oxygens (including phenoxy) is 1. The van der Waals surface area contributed by atoms with Crippen LogP contribution in [0.15, 0.2) is 24.3 Å². The van der Waals surface area contributed by atoms with Gasteiger partial charge in [0, 0.05) is 6.54 Å². The molecule has 0 heterocycles. The second-order valence-electron chi connectivity index (χ2n) is 5.21. The lowest BCUT2D eigenvalue weighted by atomic mass is 9.98. The Labute approximate surface area is 109 Å². The van der Waals surface area contributed by atoms with Gasteiger partial charge in [0.2, 0.25) is 0 Å². The van der Waals surface area contributed by atoms with E-state index in [-0.39, 0.29) is 12.2 Å². The normalized spacial score (nSPS) is 20.4. The first-order valence-corrected chi connectivity index (χ1v) is 6.76. The minimum atomic E-state index is -0.480. The van der Waals surface area contributed by atoms with Crippen LogP contribution in [0.3, 0.4) is 0 Å². The summed E-state index contributed by atoms with van der Waals surface area (Å²) in [7, 11) is 0. The summed E-state index contributed by atoms with van der Waals surface area (Å²) < 4.78 is 5.89. The summed E-state index contributed by atoms with van der Waals surface area (Å²) >= 11 is 0. The second-order valence-corrected chi connectivity index (χ2v) is 5.21. The predicted octanol–water partition coefficient (Wildman–Crippen LogP) is 2.35. The van der Waals surface area contributed by atoms with Crippen molar-refractivity contribution in [2.45, 2.75) is 50.9 Å². The van der Waals surface area contributed by atoms with Crippen LogP contribution < -0.4 is 5.73 Å². The Morgan fingerprint density at radius 1 is 1.33 bits per heavy atom. The topological polar surface area (TPSA) is 55.5 Å². The van der Waals surface area contributed by atoms with E-state index in [1.54, 1.807) is 6.92 Å². The van der Waals surface area contributed by atoms with Crippen molar-refractivity contribution in [2.75, 3.05) is 6.54 Å². The van der Waals surface area contributed by atoms with E-state index in [1.807, 2.05) is 13.0 Å². The molecule has 3 heteroatoms. The predicted molar refractivity (Wildman–Crippen MR) is 72.4 cm³/mol. The van der Waals surface area contributed by atoms with Gasteiger partial charge in [-0.15, -0.1) is 0 Å². The first-order valence-electron chi connectivity index (χ1n) is 6.76. The highest BCUT2D eigenvalue weighted by Crippen LogP contribution is 2.43. The van der Waals surface area contributed by atoms with Gasteiger partial charge in [0.25, 0.3) is 0 Å². The second kappa shape index (κ2) is 5.83. The van der Waals surface area contributed by atoms with Crippen LogP contribution in [0, 0.1) is 0 Å². The summed E-state index contributed by atoms with van der Waals surface area (Å²) in [6.07, 6.45) is 1.73. The molecule has 0 aliphatic heterocycles. The van der Waals surface area contributed by atoms with Crippen LogP contribution in [0.25, 0.3) is 0 Å². The Balaban J connectivity index is 2.16. The zero-order chi connectivity index (χ0) is 13.1. The fraction of sp³-hybridized carbons (Fsp3) is 0.600. The van der Waals surface area contributed by atoms with Gasteiger partial charge in [0.1, 0.15) is 0 Å². The summed E-state index contributed by atoms with van der Waals surface area (Å²) in [4.78, 5) is 0. The first-order chi connectivity index (χ1) is 8.63. The van der Waals surface area contributed by atoms with E-state index >= 15 is 0 Å². The molecule has 0 amide bonds. The number of hydrogen-bond acceptors (Lipinski definition) is 3. The number of aliphatic hydroxyl groups is 1. The molecule has 0 radical (unpaired) electrons. The highest BCUT2D eigenvalue weighted by molar-refractivity contribution is 5.35. The molecule has 3 atom stereocenters. The van der Waals surface area contributed by atoms with Gasteiger partial charge in [-0.1, -0.05) is 24.3 Å². The van der Waals surface area contributed by atoms with Crippen LogP contribution in [0.1, 0.15) is 49.8 Å². The van der Waals surface area contributed by atoms with Crippen molar-refractivity contribution >= 4 is 0 Å². The summed E-state index contributed by atoms with van der Waals surface area (Å²) in [6.45, 7) is 4.07. The molecular weight excluding hydrogens is 226 g/mol. The zero-order valence-corrected chi connectivity index (χ0v) is 11.2. The summed E-state index contributed by atoms with van der Waals surface area (Å²) in [6, 6.07) is 8.37. The average Bonchev–Trinajstić information content (AvgIpc) is 3.19. The average molecular weight is 249 g/mol. The van der Waals surface area contributed by atoms with Gasteiger partial charge in [-0.2, -0.15) is 0 Å². The van der Waals surface area contributed by atoms with Crippen LogP contribution >= 0.6 is 0 Å². The minimum Gasteiger partial charge on any atom is -0.391 e. The van der Waals surface area contributed by atoms with Crippen molar-refractivity contribution in [1.82, 2.24) is 0 Å². The highest BCUT2D eigenvalue weighted by Gasteiger charge is 2.28. The minimum absolute atomic E-state index is 0.119. The molecule has 0 spiro atoms. The van der Waals surface area contributed by atoms with Crippen molar-refractivity contribution < 1.29 is 9.84 Å². The van der Waals surface area contributed by atoms with Crippen LogP contribution in [0.2, 0.25) is 0 Å². The van der Waals surface area contributed by atoms with E-state index in [0.717, 1.165) is 0 Å². The third-order valence-electron chi connectivity index (χ3n) is 3.63. The molecule has 3 N–H and O–H groups in total. The van der Waals surface area contributed by atoms with Crippen LogP contribution in [-0.4, -0.2) is 23.9 Å². The fourth-order valence-corrected chi connectivity index (χ4v) is 2.20. The molecule has 3 nitrogen and oxygen atoms in total. The van der Waals surface area contributed by atoms with Gasteiger partial charge >= 0.3 is 0 Å². The van der Waals surface area contributed by atoms with Crippen LogP contribution in [-0.2, 0) is 4.74 Å². The largest absolute Gasteiger partial charge is 0.391 e. The van der Waals surface area contributed by atoms with Crippen molar-refractivity contribution in [1.29, 1.82) is 0 Å². The summed E-state index contributed by atoms with van der Waals surface area (Å²) in [5.41, 5.74) is 8.39. The lowest BCUT2D eigenvalue weighted by Gasteiger charge is -2.25. The van der Waals surface area contributed by atoms with Crippen LogP contribution in [0.4, 0.5) is 0 Å². The molecule has 1 aromatic rings. The maximum atomic E-state index is 9.54. The molecule has 0 saturated heterocycles. The Hall–Kier alpha value is -0.900. The summed E-state index contributed by atoms with van der Waals surface area (Å²) in [5.74, 6) is 0.681. The van der Waals surface area contributed by atoms with Gasteiger partial charge in [0.05, 0.1) is 18.3 Å². The Bertz CT molecular complexity index is 388. The van der Waals surface area contributed by atoms with Gasteiger partial charge in [-0.25, -0.2) is 0 Å². The maximum Gasteiger partial charge on any atom is 0.0954 e. The van der Waals surface area contributed by atoms with E-state index in [0.29, 0.717) is 12.5 Å². The Morgan fingerprint density at radius 2 is 2.00 bits per heavy atom. The van der Waals surface area contributed by atoms with Crippen molar-refractivity contribution in [3.63, 3.8) is 0 Å². The maximum absolute atomic E-state index is 9.54. The number of nitrogens with two attached hydrogens (primary N) is 1.